The molecule has 1 spiro atoms. The van der Waals surface area contributed by atoms with Crippen molar-refractivity contribution in [3.8, 4) is 11.5 Å². The number of aliphatic hydroxyl groups is 1. The summed E-state index contributed by atoms with van der Waals surface area (Å²) >= 11 is 0. The first-order valence-electron chi connectivity index (χ1n) is 9.38. The number of hydrogen-bond donors (Lipinski definition) is 1. The zero-order valence-electron chi connectivity index (χ0n) is 15.3. The first-order chi connectivity index (χ1) is 13.2. The summed E-state index contributed by atoms with van der Waals surface area (Å²) in [6, 6.07) is 16.3. The van der Waals surface area contributed by atoms with Crippen LogP contribution in [-0.2, 0) is 0 Å². The van der Waals surface area contributed by atoms with Gasteiger partial charge in [0.25, 0.3) is 0 Å². The predicted molar refractivity (Wildman–Crippen MR) is 103 cm³/mol. The van der Waals surface area contributed by atoms with Crippen molar-refractivity contribution in [1.82, 2.24) is 5.01 Å². The molecular weight excluding hydrogens is 340 g/mol. The first kappa shape index (κ1) is 16.2. The molecule has 1 N–H and O–H groups in total. The van der Waals surface area contributed by atoms with Crippen LogP contribution in [0.4, 0.5) is 0 Å². The van der Waals surface area contributed by atoms with E-state index < -0.39 is 5.72 Å². The third-order valence-electron chi connectivity index (χ3n) is 5.65. The maximum atomic E-state index is 10.2. The maximum Gasteiger partial charge on any atom is 0.220 e. The molecule has 3 aliphatic rings. The summed E-state index contributed by atoms with van der Waals surface area (Å²) < 4.78 is 11.7. The van der Waals surface area contributed by atoms with Crippen molar-refractivity contribution in [2.24, 2.45) is 5.10 Å². The van der Waals surface area contributed by atoms with E-state index in [0.717, 1.165) is 47.6 Å². The van der Waals surface area contributed by atoms with Crippen molar-refractivity contribution >= 4 is 5.71 Å². The molecule has 0 radical (unpaired) electrons. The molecular formula is C22H22N2O3. The fraction of sp³-hybridized carbons (Fsp3) is 0.318. The van der Waals surface area contributed by atoms with Crippen LogP contribution in [0.5, 0.6) is 11.5 Å². The quantitative estimate of drug-likeness (QED) is 0.851. The molecule has 0 aromatic heterocycles. The lowest BCUT2D eigenvalue weighted by Crippen LogP contribution is -2.53. The fourth-order valence-electron chi connectivity index (χ4n) is 4.33. The summed E-state index contributed by atoms with van der Waals surface area (Å²) in [7, 11) is 1.67. The van der Waals surface area contributed by atoms with Gasteiger partial charge in [-0.1, -0.05) is 18.2 Å². The lowest BCUT2D eigenvalue weighted by atomic mass is 9.90. The third kappa shape index (κ3) is 2.57. The number of methoxy groups -OCH3 is 1. The summed E-state index contributed by atoms with van der Waals surface area (Å²) in [6.45, 7) is 0. The lowest BCUT2D eigenvalue weighted by molar-refractivity contribution is -0.0944. The van der Waals surface area contributed by atoms with E-state index >= 15 is 0 Å². The zero-order valence-corrected chi connectivity index (χ0v) is 15.3. The second-order valence-corrected chi connectivity index (χ2v) is 7.31. The highest BCUT2D eigenvalue weighted by molar-refractivity contribution is 6.02. The van der Waals surface area contributed by atoms with Crippen molar-refractivity contribution in [2.75, 3.05) is 7.11 Å². The van der Waals surface area contributed by atoms with Gasteiger partial charge in [-0.15, -0.1) is 0 Å². The molecule has 2 heterocycles. The molecule has 0 saturated heterocycles. The van der Waals surface area contributed by atoms with Gasteiger partial charge in [0.2, 0.25) is 5.72 Å². The molecule has 5 nitrogen and oxygen atoms in total. The van der Waals surface area contributed by atoms with Crippen LogP contribution in [-0.4, -0.2) is 28.7 Å². The van der Waals surface area contributed by atoms with Crippen molar-refractivity contribution in [1.29, 1.82) is 0 Å². The van der Waals surface area contributed by atoms with E-state index in [-0.39, 0.29) is 6.04 Å². The predicted octanol–water partition coefficient (Wildman–Crippen LogP) is 4.56. The minimum absolute atomic E-state index is 0.106. The highest BCUT2D eigenvalue weighted by Gasteiger charge is 2.50. The van der Waals surface area contributed by atoms with E-state index in [9.17, 15) is 5.11 Å². The Labute approximate surface area is 158 Å². The summed E-state index contributed by atoms with van der Waals surface area (Å²) in [5.41, 5.74) is 2.55. The SMILES string of the molecule is COc1ccc(C2=NN3[C@@H](C2)c2ccccc2O[C@]32C=C(O)CCC2)cc1. The molecule has 2 aromatic carbocycles. The number of para-hydroxylation sites is 1. The Balaban J connectivity index is 1.60. The number of aliphatic hydroxyl groups excluding tert-OH is 1. The Morgan fingerprint density at radius 3 is 2.78 bits per heavy atom. The average Bonchev–Trinajstić information content (AvgIpc) is 3.15. The minimum atomic E-state index is -0.713. The van der Waals surface area contributed by atoms with Gasteiger partial charge in [0.1, 0.15) is 11.5 Å². The Morgan fingerprint density at radius 2 is 2.00 bits per heavy atom. The molecule has 5 heteroatoms. The van der Waals surface area contributed by atoms with Crippen molar-refractivity contribution in [3.05, 3.63) is 71.5 Å². The molecule has 2 atom stereocenters. The van der Waals surface area contributed by atoms with Crippen LogP contribution in [0.2, 0.25) is 0 Å². The van der Waals surface area contributed by atoms with E-state index in [2.05, 4.69) is 11.1 Å². The molecule has 27 heavy (non-hydrogen) atoms. The second kappa shape index (κ2) is 6.05. The Kier molecular flexibility index (Phi) is 3.64. The normalized spacial score (nSPS) is 26.0. The van der Waals surface area contributed by atoms with Gasteiger partial charge in [-0.25, -0.2) is 5.01 Å². The molecule has 2 aliphatic heterocycles. The molecule has 5 rings (SSSR count). The van der Waals surface area contributed by atoms with E-state index in [0.29, 0.717) is 12.2 Å². The van der Waals surface area contributed by atoms with E-state index in [1.807, 2.05) is 48.5 Å². The number of hydrazone groups is 1. The highest BCUT2D eigenvalue weighted by Crippen LogP contribution is 2.50. The molecule has 0 amide bonds. The minimum Gasteiger partial charge on any atom is -0.512 e. The van der Waals surface area contributed by atoms with Crippen molar-refractivity contribution < 1.29 is 14.6 Å². The zero-order chi connectivity index (χ0) is 18.4. The van der Waals surface area contributed by atoms with Gasteiger partial charge >= 0.3 is 0 Å². The number of ether oxygens (including phenoxy) is 2. The molecule has 0 fully saturated rings. The molecule has 1 aliphatic carbocycles. The van der Waals surface area contributed by atoms with E-state index in [4.69, 9.17) is 14.6 Å². The van der Waals surface area contributed by atoms with Crippen LogP contribution < -0.4 is 9.47 Å². The fourth-order valence-corrected chi connectivity index (χ4v) is 4.33. The molecule has 0 saturated carbocycles. The largest absolute Gasteiger partial charge is 0.512 e. The highest BCUT2D eigenvalue weighted by atomic mass is 16.5. The van der Waals surface area contributed by atoms with Crippen LogP contribution in [0.3, 0.4) is 0 Å². The van der Waals surface area contributed by atoms with Crippen LogP contribution in [0, 0.1) is 0 Å². The van der Waals surface area contributed by atoms with E-state index in [1.54, 1.807) is 7.11 Å². The van der Waals surface area contributed by atoms with Crippen molar-refractivity contribution in [3.63, 3.8) is 0 Å². The average molecular weight is 362 g/mol. The number of allylic oxidation sites excluding steroid dienone is 1. The summed E-state index contributed by atoms with van der Waals surface area (Å²) in [4.78, 5) is 0. The number of nitrogens with zero attached hydrogens (tertiary/aromatic N) is 2. The summed E-state index contributed by atoms with van der Waals surface area (Å²) in [5, 5.41) is 17.3. The number of hydrogen-bond acceptors (Lipinski definition) is 5. The summed E-state index contributed by atoms with van der Waals surface area (Å²) in [5.74, 6) is 2.10. The molecule has 138 valence electrons. The Morgan fingerprint density at radius 1 is 1.19 bits per heavy atom. The summed E-state index contributed by atoms with van der Waals surface area (Å²) in [6.07, 6.45) is 5.03. The third-order valence-corrected chi connectivity index (χ3v) is 5.65. The maximum absolute atomic E-state index is 10.2. The van der Waals surface area contributed by atoms with Crippen LogP contribution >= 0.6 is 0 Å². The number of rotatable bonds is 2. The van der Waals surface area contributed by atoms with Gasteiger partial charge in [-0.3, -0.25) is 0 Å². The van der Waals surface area contributed by atoms with Gasteiger partial charge in [0.15, 0.2) is 0 Å². The number of fused-ring (bicyclic) bond motifs is 4. The van der Waals surface area contributed by atoms with Crippen LogP contribution in [0.25, 0.3) is 0 Å². The molecule has 2 aromatic rings. The van der Waals surface area contributed by atoms with Gasteiger partial charge in [-0.2, -0.15) is 5.10 Å². The monoisotopic (exact) mass is 362 g/mol. The van der Waals surface area contributed by atoms with E-state index in [1.165, 1.54) is 0 Å². The van der Waals surface area contributed by atoms with Crippen molar-refractivity contribution in [2.45, 2.75) is 37.5 Å². The van der Waals surface area contributed by atoms with Crippen LogP contribution in [0.1, 0.15) is 42.9 Å². The lowest BCUT2D eigenvalue weighted by Gasteiger charge is -2.47. The van der Waals surface area contributed by atoms with Gasteiger partial charge < -0.3 is 14.6 Å². The Hall–Kier alpha value is -2.95. The molecule has 0 bridgehead atoms. The second-order valence-electron chi connectivity index (χ2n) is 7.31. The van der Waals surface area contributed by atoms with Gasteiger partial charge in [0.05, 0.1) is 24.6 Å². The topological polar surface area (TPSA) is 54.3 Å². The standard InChI is InChI=1S/C22H22N2O3/c1-26-17-10-8-15(9-11-17)19-13-20-18-6-2-3-7-21(18)27-22(24(20)23-19)12-4-5-16(25)14-22/h2-3,6-11,14,20,25H,4-5,12-13H2,1H3/t20-,22+/m0/s1. The molecule has 0 unspecified atom stereocenters. The smallest absolute Gasteiger partial charge is 0.220 e. The number of benzene rings is 2. The van der Waals surface area contributed by atoms with Crippen LogP contribution in [0.15, 0.2) is 65.5 Å². The first-order valence-corrected chi connectivity index (χ1v) is 9.38. The van der Waals surface area contributed by atoms with Gasteiger partial charge in [0, 0.05) is 30.9 Å². The Bertz CT molecular complexity index is 935. The van der Waals surface area contributed by atoms with Gasteiger partial charge in [-0.05, 0) is 42.3 Å².